The Kier molecular flexibility index (Phi) is 29.2. The van der Waals surface area contributed by atoms with Gasteiger partial charge < -0.3 is 32.7 Å². The van der Waals surface area contributed by atoms with E-state index in [0.717, 1.165) is 0 Å². The van der Waals surface area contributed by atoms with Crippen LogP contribution in [-0.4, -0.2) is 45.6 Å². The molecule has 0 aromatic rings. The van der Waals surface area contributed by atoms with Crippen LogP contribution in [0, 0.1) is 0 Å². The molecule has 0 saturated heterocycles. The smallest absolute Gasteiger partial charge is 0.303 e. The third-order valence-corrected chi connectivity index (χ3v) is 1.13. The molecule has 0 spiro atoms. The Hall–Kier alpha value is -1.22. The predicted octanol–water partition coefficient (Wildman–Crippen LogP) is 0.0110. The third-order valence-electron chi connectivity index (χ3n) is 1.13. The number of aliphatic hydroxyl groups is 2. The molecule has 0 unspecified atom stereocenters. The molecule has 0 atom stereocenters. The van der Waals surface area contributed by atoms with Crippen LogP contribution in [0.15, 0.2) is 0 Å². The monoisotopic (exact) mass is 242 g/mol. The van der Waals surface area contributed by atoms with Gasteiger partial charge in [-0.2, -0.15) is 0 Å². The standard InChI is InChI=1S/C6H10O4.C2H6O2.2H3N/c7-5(8)3-1-2-4-6(9)10;3-1-2-4;;/h1-4H2,(H,7,8)(H,9,10);3-4H,1-2H2;2*1H3. The van der Waals surface area contributed by atoms with Crippen molar-refractivity contribution < 1.29 is 30.0 Å². The second-order valence-corrected chi connectivity index (χ2v) is 2.44. The van der Waals surface area contributed by atoms with Gasteiger partial charge in [0.25, 0.3) is 0 Å². The lowest BCUT2D eigenvalue weighted by molar-refractivity contribution is -0.139. The van der Waals surface area contributed by atoms with Crippen molar-refractivity contribution in [2.75, 3.05) is 13.2 Å². The molecular weight excluding hydrogens is 220 g/mol. The SMILES string of the molecule is N.N.O=C(O)CCCCC(=O)O.OCCO. The summed E-state index contributed by atoms with van der Waals surface area (Å²) < 4.78 is 0. The molecule has 0 bridgehead atoms. The highest BCUT2D eigenvalue weighted by molar-refractivity contribution is 5.67. The molecular formula is C8H22N2O6. The minimum atomic E-state index is -0.870. The zero-order chi connectivity index (χ0) is 11.4. The Bertz CT molecular complexity index is 147. The van der Waals surface area contributed by atoms with Crippen LogP contribution in [0.1, 0.15) is 25.7 Å². The van der Waals surface area contributed by atoms with Crippen LogP contribution in [0.3, 0.4) is 0 Å². The molecule has 0 aliphatic rings. The molecule has 0 saturated carbocycles. The second kappa shape index (κ2) is 19.4. The van der Waals surface area contributed by atoms with E-state index >= 15 is 0 Å². The minimum absolute atomic E-state index is 0. The average molecular weight is 242 g/mol. The van der Waals surface area contributed by atoms with Crippen molar-refractivity contribution in [1.29, 1.82) is 0 Å². The number of carboxylic acids is 2. The first-order valence-corrected chi connectivity index (χ1v) is 4.20. The molecule has 16 heavy (non-hydrogen) atoms. The van der Waals surface area contributed by atoms with Crippen molar-refractivity contribution in [2.45, 2.75) is 25.7 Å². The molecule has 0 rings (SSSR count). The van der Waals surface area contributed by atoms with Gasteiger partial charge in [0, 0.05) is 12.8 Å². The number of unbranched alkanes of at least 4 members (excludes halogenated alkanes) is 1. The normalized spacial score (nSPS) is 7.62. The van der Waals surface area contributed by atoms with E-state index < -0.39 is 11.9 Å². The van der Waals surface area contributed by atoms with E-state index in [1.54, 1.807) is 0 Å². The average Bonchev–Trinajstić information content (AvgIpc) is 2.12. The van der Waals surface area contributed by atoms with Gasteiger partial charge in [-0.05, 0) is 12.8 Å². The van der Waals surface area contributed by atoms with Crippen LogP contribution >= 0.6 is 0 Å². The molecule has 0 aliphatic heterocycles. The number of aliphatic hydroxyl groups excluding tert-OH is 2. The Morgan fingerprint density at radius 1 is 0.750 bits per heavy atom. The Labute approximate surface area is 94.1 Å². The Balaban J connectivity index is -0.000000105. The van der Waals surface area contributed by atoms with E-state index in [0.29, 0.717) is 12.8 Å². The summed E-state index contributed by atoms with van der Waals surface area (Å²) in [6.45, 7) is -0.250. The van der Waals surface area contributed by atoms with Gasteiger partial charge in [-0.25, -0.2) is 0 Å². The van der Waals surface area contributed by atoms with Gasteiger partial charge >= 0.3 is 11.9 Å². The number of carboxylic acid groups (broad SMARTS) is 2. The molecule has 0 amide bonds. The fourth-order valence-corrected chi connectivity index (χ4v) is 0.552. The van der Waals surface area contributed by atoms with Crippen molar-refractivity contribution in [3.05, 3.63) is 0 Å². The largest absolute Gasteiger partial charge is 0.481 e. The minimum Gasteiger partial charge on any atom is -0.481 e. The summed E-state index contributed by atoms with van der Waals surface area (Å²) in [6.07, 6.45) is 1.02. The molecule has 8 nitrogen and oxygen atoms in total. The molecule has 0 fully saturated rings. The molecule has 0 radical (unpaired) electrons. The van der Waals surface area contributed by atoms with Crippen LogP contribution in [0.5, 0.6) is 0 Å². The van der Waals surface area contributed by atoms with E-state index in [-0.39, 0.29) is 38.4 Å². The van der Waals surface area contributed by atoms with Crippen LogP contribution in [0.4, 0.5) is 0 Å². The summed E-state index contributed by atoms with van der Waals surface area (Å²) in [5.41, 5.74) is 0. The molecule has 100 valence electrons. The van der Waals surface area contributed by atoms with Crippen LogP contribution < -0.4 is 12.3 Å². The number of hydrogen-bond acceptors (Lipinski definition) is 6. The fraction of sp³-hybridized carbons (Fsp3) is 0.750. The maximum atomic E-state index is 9.90. The van der Waals surface area contributed by atoms with Gasteiger partial charge in [0.1, 0.15) is 0 Å². The maximum absolute atomic E-state index is 9.90. The number of rotatable bonds is 6. The summed E-state index contributed by atoms with van der Waals surface area (Å²) in [5, 5.41) is 31.5. The zero-order valence-corrected chi connectivity index (χ0v) is 9.26. The summed E-state index contributed by atoms with van der Waals surface area (Å²) in [7, 11) is 0. The highest BCUT2D eigenvalue weighted by Crippen LogP contribution is 1.98. The summed E-state index contributed by atoms with van der Waals surface area (Å²) >= 11 is 0. The number of carbonyl (C=O) groups is 2. The zero-order valence-electron chi connectivity index (χ0n) is 9.26. The van der Waals surface area contributed by atoms with Gasteiger partial charge in [-0.1, -0.05) is 0 Å². The molecule has 0 aliphatic carbocycles. The topological polar surface area (TPSA) is 185 Å². The lowest BCUT2D eigenvalue weighted by Crippen LogP contribution is -1.97. The van der Waals surface area contributed by atoms with Gasteiger partial charge in [0.15, 0.2) is 0 Å². The summed E-state index contributed by atoms with van der Waals surface area (Å²) in [4.78, 5) is 19.8. The van der Waals surface area contributed by atoms with Crippen LogP contribution in [-0.2, 0) is 9.59 Å². The van der Waals surface area contributed by atoms with E-state index in [9.17, 15) is 9.59 Å². The highest BCUT2D eigenvalue weighted by Gasteiger charge is 1.99. The lowest BCUT2D eigenvalue weighted by atomic mass is 10.2. The maximum Gasteiger partial charge on any atom is 0.303 e. The molecule has 0 aromatic heterocycles. The van der Waals surface area contributed by atoms with Gasteiger partial charge in [0.2, 0.25) is 0 Å². The van der Waals surface area contributed by atoms with Crippen LogP contribution in [0.2, 0.25) is 0 Å². The van der Waals surface area contributed by atoms with Crippen molar-refractivity contribution >= 4 is 11.9 Å². The van der Waals surface area contributed by atoms with Crippen molar-refractivity contribution in [3.8, 4) is 0 Å². The van der Waals surface area contributed by atoms with E-state index in [2.05, 4.69) is 0 Å². The van der Waals surface area contributed by atoms with Gasteiger partial charge in [0.05, 0.1) is 13.2 Å². The van der Waals surface area contributed by atoms with E-state index in [1.807, 2.05) is 0 Å². The van der Waals surface area contributed by atoms with Crippen LogP contribution in [0.25, 0.3) is 0 Å². The van der Waals surface area contributed by atoms with Crippen molar-refractivity contribution in [2.24, 2.45) is 0 Å². The van der Waals surface area contributed by atoms with Crippen molar-refractivity contribution in [1.82, 2.24) is 12.3 Å². The first kappa shape index (κ1) is 24.2. The van der Waals surface area contributed by atoms with E-state index in [4.69, 9.17) is 20.4 Å². The second-order valence-electron chi connectivity index (χ2n) is 2.44. The summed E-state index contributed by atoms with van der Waals surface area (Å²) in [5.74, 6) is -1.74. The molecule has 10 N–H and O–H groups in total. The number of aliphatic carboxylic acids is 2. The summed E-state index contributed by atoms with van der Waals surface area (Å²) in [6, 6.07) is 0. The Morgan fingerprint density at radius 3 is 1.12 bits per heavy atom. The fourth-order valence-electron chi connectivity index (χ4n) is 0.552. The quantitative estimate of drug-likeness (QED) is 0.351. The molecule has 8 heteroatoms. The lowest BCUT2D eigenvalue weighted by Gasteiger charge is -1.92. The number of hydrogen-bond donors (Lipinski definition) is 6. The Morgan fingerprint density at radius 2 is 1.00 bits per heavy atom. The first-order chi connectivity index (χ1) is 6.54. The molecule has 0 aromatic carbocycles. The van der Waals surface area contributed by atoms with Crippen molar-refractivity contribution in [3.63, 3.8) is 0 Å². The van der Waals surface area contributed by atoms with E-state index in [1.165, 1.54) is 0 Å². The van der Waals surface area contributed by atoms with Gasteiger partial charge in [-0.15, -0.1) is 0 Å². The third kappa shape index (κ3) is 38.6. The molecule has 0 heterocycles. The van der Waals surface area contributed by atoms with Gasteiger partial charge in [-0.3, -0.25) is 9.59 Å². The predicted molar refractivity (Wildman–Crippen MR) is 58.0 cm³/mol. The first-order valence-electron chi connectivity index (χ1n) is 4.20. The highest BCUT2D eigenvalue weighted by atomic mass is 16.4.